The van der Waals surface area contributed by atoms with Crippen molar-refractivity contribution in [2.24, 2.45) is 5.92 Å². The van der Waals surface area contributed by atoms with Crippen LogP contribution in [0, 0.1) is 5.92 Å². The van der Waals surface area contributed by atoms with Gasteiger partial charge in [0.05, 0.1) is 11.6 Å². The minimum absolute atomic E-state index is 0.0392. The Morgan fingerprint density at radius 3 is 2.68 bits per heavy atom. The van der Waals surface area contributed by atoms with Crippen LogP contribution in [0.25, 0.3) is 0 Å². The standard InChI is InChI=1S/C17H27NO/c1-4-19-17(12-8-9-14(2)13-17)16(18-3)15-10-6-5-7-11-15/h5-7,10-11,14,16,18H,4,8-9,12-13H2,1-3H3. The van der Waals surface area contributed by atoms with Crippen molar-refractivity contribution in [1.29, 1.82) is 0 Å². The van der Waals surface area contributed by atoms with Crippen LogP contribution in [0.3, 0.4) is 0 Å². The Bertz CT molecular complexity index is 374. The number of hydrogen-bond donors (Lipinski definition) is 1. The van der Waals surface area contributed by atoms with E-state index in [0.717, 1.165) is 25.4 Å². The molecule has 0 amide bonds. The fourth-order valence-electron chi connectivity index (χ4n) is 3.69. The second-order valence-corrected chi connectivity index (χ2v) is 5.83. The molecular weight excluding hydrogens is 234 g/mol. The monoisotopic (exact) mass is 261 g/mol. The molecule has 0 radical (unpaired) electrons. The Morgan fingerprint density at radius 2 is 2.11 bits per heavy atom. The number of hydrogen-bond acceptors (Lipinski definition) is 2. The highest BCUT2D eigenvalue weighted by Gasteiger charge is 2.42. The molecule has 1 aliphatic carbocycles. The Hall–Kier alpha value is -0.860. The molecule has 0 heterocycles. The van der Waals surface area contributed by atoms with Gasteiger partial charge in [-0.15, -0.1) is 0 Å². The number of rotatable bonds is 5. The molecule has 0 aliphatic heterocycles. The Balaban J connectivity index is 2.30. The second kappa shape index (κ2) is 6.53. The molecule has 1 fully saturated rings. The molecule has 1 aromatic carbocycles. The van der Waals surface area contributed by atoms with Crippen molar-refractivity contribution in [2.45, 2.75) is 51.2 Å². The van der Waals surface area contributed by atoms with Crippen molar-refractivity contribution in [2.75, 3.05) is 13.7 Å². The van der Waals surface area contributed by atoms with Gasteiger partial charge in [-0.3, -0.25) is 0 Å². The molecule has 0 spiro atoms. The van der Waals surface area contributed by atoms with Gasteiger partial charge in [-0.2, -0.15) is 0 Å². The van der Waals surface area contributed by atoms with Crippen LogP contribution in [0.1, 0.15) is 51.1 Å². The van der Waals surface area contributed by atoms with E-state index in [9.17, 15) is 0 Å². The molecule has 2 heteroatoms. The van der Waals surface area contributed by atoms with E-state index in [1.165, 1.54) is 18.4 Å². The third-order valence-electron chi connectivity index (χ3n) is 4.37. The van der Waals surface area contributed by atoms with E-state index in [4.69, 9.17) is 4.74 Å². The molecule has 3 unspecified atom stereocenters. The minimum atomic E-state index is -0.0392. The van der Waals surface area contributed by atoms with Crippen LogP contribution < -0.4 is 5.32 Å². The smallest absolute Gasteiger partial charge is 0.0878 e. The fourth-order valence-corrected chi connectivity index (χ4v) is 3.69. The van der Waals surface area contributed by atoms with Crippen molar-refractivity contribution in [1.82, 2.24) is 5.32 Å². The molecular formula is C17H27NO. The van der Waals surface area contributed by atoms with Crippen molar-refractivity contribution in [3.05, 3.63) is 35.9 Å². The van der Waals surface area contributed by atoms with Gasteiger partial charge < -0.3 is 10.1 Å². The summed E-state index contributed by atoms with van der Waals surface area (Å²) in [7, 11) is 2.05. The zero-order valence-corrected chi connectivity index (χ0v) is 12.5. The molecule has 1 saturated carbocycles. The van der Waals surface area contributed by atoms with Crippen molar-refractivity contribution in [3.8, 4) is 0 Å². The van der Waals surface area contributed by atoms with Gasteiger partial charge in [-0.1, -0.05) is 50.1 Å². The summed E-state index contributed by atoms with van der Waals surface area (Å²) in [5.41, 5.74) is 1.30. The third-order valence-corrected chi connectivity index (χ3v) is 4.37. The van der Waals surface area contributed by atoms with Crippen molar-refractivity contribution >= 4 is 0 Å². The summed E-state index contributed by atoms with van der Waals surface area (Å²) in [5, 5.41) is 3.51. The van der Waals surface area contributed by atoms with Gasteiger partial charge in [0.1, 0.15) is 0 Å². The van der Waals surface area contributed by atoms with E-state index in [1.54, 1.807) is 0 Å². The van der Waals surface area contributed by atoms with Crippen LogP contribution in [-0.4, -0.2) is 19.3 Å². The lowest BCUT2D eigenvalue weighted by atomic mass is 9.72. The molecule has 2 nitrogen and oxygen atoms in total. The summed E-state index contributed by atoms with van der Waals surface area (Å²) in [5.74, 6) is 0.750. The van der Waals surface area contributed by atoms with Crippen LogP contribution in [-0.2, 0) is 4.74 Å². The molecule has 2 rings (SSSR count). The molecule has 0 saturated heterocycles. The van der Waals surface area contributed by atoms with Crippen LogP contribution in [0.5, 0.6) is 0 Å². The number of ether oxygens (including phenoxy) is 1. The van der Waals surface area contributed by atoms with Gasteiger partial charge in [0.25, 0.3) is 0 Å². The lowest BCUT2D eigenvalue weighted by molar-refractivity contribution is -0.100. The predicted molar refractivity (Wildman–Crippen MR) is 80.2 cm³/mol. The number of nitrogens with one attached hydrogen (secondary N) is 1. The van der Waals surface area contributed by atoms with Gasteiger partial charge in [-0.25, -0.2) is 0 Å². The van der Waals surface area contributed by atoms with Gasteiger partial charge in [0.2, 0.25) is 0 Å². The van der Waals surface area contributed by atoms with Crippen LogP contribution in [0.15, 0.2) is 30.3 Å². The largest absolute Gasteiger partial charge is 0.373 e. The van der Waals surface area contributed by atoms with E-state index in [1.807, 2.05) is 0 Å². The summed E-state index contributed by atoms with van der Waals surface area (Å²) in [6.07, 6.45) is 4.92. The minimum Gasteiger partial charge on any atom is -0.373 e. The van der Waals surface area contributed by atoms with Crippen LogP contribution in [0.4, 0.5) is 0 Å². The highest BCUT2D eigenvalue weighted by atomic mass is 16.5. The molecule has 3 atom stereocenters. The average Bonchev–Trinajstić information content (AvgIpc) is 2.41. The summed E-state index contributed by atoms with van der Waals surface area (Å²) in [4.78, 5) is 0. The Labute approximate surface area is 117 Å². The summed E-state index contributed by atoms with van der Waals surface area (Å²) < 4.78 is 6.29. The molecule has 1 aromatic rings. The van der Waals surface area contributed by atoms with Crippen molar-refractivity contribution < 1.29 is 4.74 Å². The molecule has 19 heavy (non-hydrogen) atoms. The first-order valence-corrected chi connectivity index (χ1v) is 7.58. The Kier molecular flexibility index (Phi) is 5.00. The molecule has 0 bridgehead atoms. The first kappa shape index (κ1) is 14.5. The van der Waals surface area contributed by atoms with Crippen LogP contribution in [0.2, 0.25) is 0 Å². The molecule has 106 valence electrons. The highest BCUT2D eigenvalue weighted by Crippen LogP contribution is 2.43. The first-order chi connectivity index (χ1) is 9.22. The maximum Gasteiger partial charge on any atom is 0.0878 e. The zero-order chi connectivity index (χ0) is 13.7. The van der Waals surface area contributed by atoms with Gasteiger partial charge in [0.15, 0.2) is 0 Å². The quantitative estimate of drug-likeness (QED) is 0.867. The summed E-state index contributed by atoms with van der Waals surface area (Å²) >= 11 is 0. The molecule has 0 aromatic heterocycles. The first-order valence-electron chi connectivity index (χ1n) is 7.58. The number of benzene rings is 1. The third kappa shape index (κ3) is 3.18. The number of likely N-dealkylation sites (N-methyl/N-ethyl adjacent to an activating group) is 1. The predicted octanol–water partition coefficient (Wildman–Crippen LogP) is 3.93. The normalized spacial score (nSPS) is 29.1. The van der Waals surface area contributed by atoms with E-state index in [2.05, 4.69) is 56.5 Å². The lowest BCUT2D eigenvalue weighted by Crippen LogP contribution is -2.48. The lowest BCUT2D eigenvalue weighted by Gasteiger charge is -2.45. The van der Waals surface area contributed by atoms with E-state index in [-0.39, 0.29) is 11.6 Å². The van der Waals surface area contributed by atoms with E-state index < -0.39 is 0 Å². The van der Waals surface area contributed by atoms with E-state index >= 15 is 0 Å². The van der Waals surface area contributed by atoms with E-state index in [0.29, 0.717) is 0 Å². The topological polar surface area (TPSA) is 21.3 Å². The average molecular weight is 261 g/mol. The van der Waals surface area contributed by atoms with Crippen molar-refractivity contribution in [3.63, 3.8) is 0 Å². The fraction of sp³-hybridized carbons (Fsp3) is 0.647. The second-order valence-electron chi connectivity index (χ2n) is 5.83. The van der Waals surface area contributed by atoms with Gasteiger partial charge in [0, 0.05) is 6.61 Å². The SMILES string of the molecule is CCOC1(C(NC)c2ccccc2)CCCC(C)C1. The molecule has 1 aliphatic rings. The Morgan fingerprint density at radius 1 is 1.37 bits per heavy atom. The van der Waals surface area contributed by atoms with Gasteiger partial charge >= 0.3 is 0 Å². The maximum atomic E-state index is 6.29. The zero-order valence-electron chi connectivity index (χ0n) is 12.5. The van der Waals surface area contributed by atoms with Crippen LogP contribution >= 0.6 is 0 Å². The highest BCUT2D eigenvalue weighted by molar-refractivity contribution is 5.23. The molecule has 1 N–H and O–H groups in total. The summed E-state index contributed by atoms with van der Waals surface area (Å²) in [6.45, 7) is 5.25. The van der Waals surface area contributed by atoms with Gasteiger partial charge in [-0.05, 0) is 38.3 Å². The summed E-state index contributed by atoms with van der Waals surface area (Å²) in [6, 6.07) is 11.0. The maximum absolute atomic E-state index is 6.29.